The number of aromatic nitrogens is 1. The first kappa shape index (κ1) is 15.4. The van der Waals surface area contributed by atoms with Crippen LogP contribution in [0.4, 0.5) is 0 Å². The fourth-order valence-electron chi connectivity index (χ4n) is 2.67. The molecule has 1 aliphatic rings. The van der Waals surface area contributed by atoms with Crippen LogP contribution in [0.5, 0.6) is 0 Å². The van der Waals surface area contributed by atoms with Gasteiger partial charge in [-0.1, -0.05) is 0 Å². The fraction of sp³-hybridized carbons (Fsp3) is 0.500. The Bertz CT molecular complexity index is 664. The average molecular weight is 319 g/mol. The van der Waals surface area contributed by atoms with Crippen LogP contribution >= 0.6 is 11.3 Å². The summed E-state index contributed by atoms with van der Waals surface area (Å²) in [7, 11) is 0. The number of carbonyl (C=O) groups excluding carboxylic acids is 1. The van der Waals surface area contributed by atoms with Crippen LogP contribution in [-0.4, -0.2) is 54.7 Å². The summed E-state index contributed by atoms with van der Waals surface area (Å²) < 4.78 is 6.42. The second kappa shape index (κ2) is 6.73. The van der Waals surface area contributed by atoms with Crippen molar-refractivity contribution in [3.63, 3.8) is 0 Å². The van der Waals surface area contributed by atoms with Gasteiger partial charge >= 0.3 is 0 Å². The number of carbonyl (C=O) groups is 1. The van der Waals surface area contributed by atoms with Crippen molar-refractivity contribution < 1.29 is 9.53 Å². The lowest BCUT2D eigenvalue weighted by Crippen LogP contribution is -2.47. The van der Waals surface area contributed by atoms with Crippen molar-refractivity contribution in [2.45, 2.75) is 19.9 Å². The van der Waals surface area contributed by atoms with Gasteiger partial charge in [0.1, 0.15) is 0 Å². The summed E-state index contributed by atoms with van der Waals surface area (Å²) in [4.78, 5) is 19.1. The molecule has 1 atom stereocenters. The molecule has 5 nitrogen and oxygen atoms in total. The Balaban J connectivity index is 1.60. The Morgan fingerprint density at radius 3 is 3.00 bits per heavy atom. The molecule has 0 saturated carbocycles. The van der Waals surface area contributed by atoms with Crippen molar-refractivity contribution in [2.24, 2.45) is 0 Å². The highest BCUT2D eigenvalue weighted by Gasteiger charge is 2.18. The third kappa shape index (κ3) is 3.45. The highest BCUT2D eigenvalue weighted by molar-refractivity contribution is 7.18. The number of benzene rings is 1. The van der Waals surface area contributed by atoms with Gasteiger partial charge in [0.15, 0.2) is 0 Å². The molecule has 22 heavy (non-hydrogen) atoms. The Labute approximate surface area is 134 Å². The van der Waals surface area contributed by atoms with Crippen LogP contribution in [0.2, 0.25) is 0 Å². The van der Waals surface area contributed by atoms with E-state index in [-0.39, 0.29) is 5.91 Å². The first-order chi connectivity index (χ1) is 10.6. The normalized spacial score (nSPS) is 17.5. The third-order valence-corrected chi connectivity index (χ3v) is 4.92. The van der Waals surface area contributed by atoms with Crippen molar-refractivity contribution in [1.29, 1.82) is 0 Å². The van der Waals surface area contributed by atoms with Crippen LogP contribution in [0.3, 0.4) is 0 Å². The lowest BCUT2D eigenvalue weighted by atomic mass is 10.2. The van der Waals surface area contributed by atoms with Crippen LogP contribution in [0, 0.1) is 6.92 Å². The topological polar surface area (TPSA) is 54.5 Å². The van der Waals surface area contributed by atoms with Gasteiger partial charge in [0.05, 0.1) is 28.4 Å². The molecule has 2 aromatic rings. The van der Waals surface area contributed by atoms with Crippen molar-refractivity contribution in [1.82, 2.24) is 15.2 Å². The largest absolute Gasteiger partial charge is 0.379 e. The highest BCUT2D eigenvalue weighted by Crippen LogP contribution is 2.22. The SMILES string of the molecule is Cc1nc2ccc(C(=O)NCC(C)N3CCOCC3)cc2s1. The lowest BCUT2D eigenvalue weighted by Gasteiger charge is -2.32. The van der Waals surface area contributed by atoms with E-state index in [1.165, 1.54) is 0 Å². The minimum absolute atomic E-state index is 0.0203. The number of ether oxygens (including phenoxy) is 1. The second-order valence-corrected chi connectivity index (χ2v) is 6.86. The smallest absolute Gasteiger partial charge is 0.251 e. The molecule has 1 unspecified atom stereocenters. The molecule has 3 rings (SSSR count). The molecule has 1 saturated heterocycles. The number of hydrogen-bond donors (Lipinski definition) is 1. The molecule has 0 aliphatic carbocycles. The highest BCUT2D eigenvalue weighted by atomic mass is 32.1. The van der Waals surface area contributed by atoms with Gasteiger partial charge in [-0.25, -0.2) is 4.98 Å². The zero-order valence-corrected chi connectivity index (χ0v) is 13.8. The molecular weight excluding hydrogens is 298 g/mol. The van der Waals surface area contributed by atoms with Crippen LogP contribution in [0.15, 0.2) is 18.2 Å². The molecule has 0 radical (unpaired) electrons. The zero-order valence-electron chi connectivity index (χ0n) is 13.0. The van der Waals surface area contributed by atoms with Crippen LogP contribution in [-0.2, 0) is 4.74 Å². The quantitative estimate of drug-likeness (QED) is 0.937. The Kier molecular flexibility index (Phi) is 4.71. The van der Waals surface area contributed by atoms with Gasteiger partial charge < -0.3 is 10.1 Å². The van der Waals surface area contributed by atoms with Crippen LogP contribution < -0.4 is 5.32 Å². The number of nitrogens with zero attached hydrogens (tertiary/aromatic N) is 2. The van der Waals surface area contributed by atoms with Crippen molar-refractivity contribution >= 4 is 27.5 Å². The van der Waals surface area contributed by atoms with E-state index in [0.717, 1.165) is 41.5 Å². The predicted octanol–water partition coefficient (Wildman–Crippen LogP) is 2.06. The zero-order chi connectivity index (χ0) is 15.5. The second-order valence-electron chi connectivity index (χ2n) is 5.62. The molecule has 6 heteroatoms. The number of aryl methyl sites for hydroxylation is 1. The predicted molar refractivity (Wildman–Crippen MR) is 88.5 cm³/mol. The van der Waals surface area contributed by atoms with Crippen LogP contribution in [0.25, 0.3) is 10.2 Å². The molecular formula is C16H21N3O2S. The van der Waals surface area contributed by atoms with Gasteiger partial charge in [0, 0.05) is 31.2 Å². The average Bonchev–Trinajstić information content (AvgIpc) is 2.92. The maximum Gasteiger partial charge on any atom is 0.251 e. The summed E-state index contributed by atoms with van der Waals surface area (Å²) in [6.07, 6.45) is 0. The van der Waals surface area contributed by atoms with Gasteiger partial charge in [-0.05, 0) is 32.0 Å². The van der Waals surface area contributed by atoms with E-state index >= 15 is 0 Å². The maximum absolute atomic E-state index is 12.3. The summed E-state index contributed by atoms with van der Waals surface area (Å²) in [6.45, 7) is 8.19. The van der Waals surface area contributed by atoms with E-state index in [2.05, 4.69) is 22.1 Å². The van der Waals surface area contributed by atoms with Gasteiger partial charge in [-0.15, -0.1) is 11.3 Å². The van der Waals surface area contributed by atoms with Crippen molar-refractivity contribution in [3.05, 3.63) is 28.8 Å². The molecule has 2 heterocycles. The number of fused-ring (bicyclic) bond motifs is 1. The molecule has 118 valence electrons. The molecule has 1 amide bonds. The number of amides is 1. The first-order valence-electron chi connectivity index (χ1n) is 7.60. The number of nitrogens with one attached hydrogen (secondary N) is 1. The Morgan fingerprint density at radius 2 is 2.23 bits per heavy atom. The van der Waals surface area contributed by atoms with Crippen molar-refractivity contribution in [3.8, 4) is 0 Å². The Hall–Kier alpha value is -1.50. The summed E-state index contributed by atoms with van der Waals surface area (Å²) in [5.41, 5.74) is 1.66. The van der Waals surface area contributed by atoms with Gasteiger partial charge in [0.2, 0.25) is 0 Å². The summed E-state index contributed by atoms with van der Waals surface area (Å²) in [6, 6.07) is 6.01. The first-order valence-corrected chi connectivity index (χ1v) is 8.42. The standard InChI is InChI=1S/C16H21N3O2S/c1-11(19-5-7-21-8-6-19)10-17-16(20)13-3-4-14-15(9-13)22-12(2)18-14/h3-4,9,11H,5-8,10H2,1-2H3,(H,17,20). The van der Waals surface area contributed by atoms with Crippen molar-refractivity contribution in [2.75, 3.05) is 32.8 Å². The molecule has 1 fully saturated rings. The fourth-order valence-corrected chi connectivity index (χ4v) is 3.54. The minimum Gasteiger partial charge on any atom is -0.379 e. The minimum atomic E-state index is -0.0203. The molecule has 1 aliphatic heterocycles. The lowest BCUT2D eigenvalue weighted by molar-refractivity contribution is 0.0204. The number of hydrogen-bond acceptors (Lipinski definition) is 5. The summed E-state index contributed by atoms with van der Waals surface area (Å²) >= 11 is 1.62. The van der Waals surface area contributed by atoms with Gasteiger partial charge in [-0.3, -0.25) is 9.69 Å². The monoisotopic (exact) mass is 319 g/mol. The third-order valence-electron chi connectivity index (χ3n) is 3.98. The number of rotatable bonds is 4. The summed E-state index contributed by atoms with van der Waals surface area (Å²) in [5.74, 6) is -0.0203. The molecule has 1 N–H and O–H groups in total. The van der Waals surface area contributed by atoms with E-state index in [1.807, 2.05) is 25.1 Å². The molecule has 0 bridgehead atoms. The number of thiazole rings is 1. The van der Waals surface area contributed by atoms with Gasteiger partial charge in [0.25, 0.3) is 5.91 Å². The van der Waals surface area contributed by atoms with E-state index < -0.39 is 0 Å². The van der Waals surface area contributed by atoms with E-state index in [4.69, 9.17) is 4.74 Å². The molecule has 1 aromatic carbocycles. The van der Waals surface area contributed by atoms with E-state index in [0.29, 0.717) is 18.2 Å². The molecule has 0 spiro atoms. The van der Waals surface area contributed by atoms with E-state index in [9.17, 15) is 4.79 Å². The Morgan fingerprint density at radius 1 is 1.45 bits per heavy atom. The van der Waals surface area contributed by atoms with E-state index in [1.54, 1.807) is 11.3 Å². The van der Waals surface area contributed by atoms with Crippen LogP contribution in [0.1, 0.15) is 22.3 Å². The maximum atomic E-state index is 12.3. The number of morpholine rings is 1. The van der Waals surface area contributed by atoms with Gasteiger partial charge in [-0.2, -0.15) is 0 Å². The molecule has 1 aromatic heterocycles. The summed E-state index contributed by atoms with van der Waals surface area (Å²) in [5, 5.41) is 4.05.